The minimum Gasteiger partial charge on any atom is -0.493 e. The first-order valence-electron chi connectivity index (χ1n) is 9.60. The van der Waals surface area contributed by atoms with Gasteiger partial charge in [0.15, 0.2) is 11.5 Å². The number of rotatable bonds is 5. The van der Waals surface area contributed by atoms with E-state index in [1.54, 1.807) is 32.8 Å². The van der Waals surface area contributed by atoms with E-state index in [1.807, 2.05) is 24.3 Å². The molecular formula is C22H21N5O3. The molecule has 1 aliphatic rings. The van der Waals surface area contributed by atoms with Gasteiger partial charge in [0.2, 0.25) is 0 Å². The third kappa shape index (κ3) is 3.11. The Kier molecular flexibility index (Phi) is 4.48. The van der Waals surface area contributed by atoms with Crippen LogP contribution in [0.1, 0.15) is 0 Å². The Balaban J connectivity index is 1.66. The van der Waals surface area contributed by atoms with Crippen LogP contribution in [-0.2, 0) is 0 Å². The highest BCUT2D eigenvalue weighted by molar-refractivity contribution is 6.10. The first kappa shape index (κ1) is 18.4. The fourth-order valence-corrected chi connectivity index (χ4v) is 3.57. The lowest BCUT2D eigenvalue weighted by molar-refractivity contribution is 0.142. The lowest BCUT2D eigenvalue weighted by Gasteiger charge is -2.27. The highest BCUT2D eigenvalue weighted by atomic mass is 16.5. The smallest absolute Gasteiger partial charge is 0.162 e. The van der Waals surface area contributed by atoms with E-state index in [2.05, 4.69) is 20.3 Å². The van der Waals surface area contributed by atoms with E-state index in [0.29, 0.717) is 28.8 Å². The van der Waals surface area contributed by atoms with Crippen LogP contribution in [0.15, 0.2) is 42.9 Å². The Morgan fingerprint density at radius 1 is 0.933 bits per heavy atom. The fourth-order valence-electron chi connectivity index (χ4n) is 3.57. The predicted molar refractivity (Wildman–Crippen MR) is 115 cm³/mol. The van der Waals surface area contributed by atoms with Crippen LogP contribution in [0.5, 0.6) is 17.2 Å². The van der Waals surface area contributed by atoms with Gasteiger partial charge in [-0.2, -0.15) is 0 Å². The van der Waals surface area contributed by atoms with Crippen molar-refractivity contribution in [1.29, 1.82) is 0 Å². The largest absolute Gasteiger partial charge is 0.493 e. The number of fused-ring (bicyclic) bond motifs is 3. The minimum atomic E-state index is 0.175. The molecule has 0 spiro atoms. The van der Waals surface area contributed by atoms with Crippen molar-refractivity contribution in [2.45, 2.75) is 6.10 Å². The van der Waals surface area contributed by atoms with Gasteiger partial charge in [0.05, 0.1) is 31.6 Å². The average Bonchev–Trinajstić information content (AvgIpc) is 2.75. The molecule has 0 unspecified atom stereocenters. The minimum absolute atomic E-state index is 0.175. The summed E-state index contributed by atoms with van der Waals surface area (Å²) in [4.78, 5) is 13.4. The zero-order valence-electron chi connectivity index (χ0n) is 16.7. The second kappa shape index (κ2) is 7.31. The molecule has 1 aliphatic heterocycles. The zero-order chi connectivity index (χ0) is 20.7. The number of ether oxygens (including phenoxy) is 3. The summed E-state index contributed by atoms with van der Waals surface area (Å²) in [5, 5.41) is 5.80. The summed E-state index contributed by atoms with van der Waals surface area (Å²) >= 11 is 0. The number of anilines is 1. The van der Waals surface area contributed by atoms with Gasteiger partial charge in [-0.05, 0) is 23.6 Å². The molecule has 0 aliphatic carbocycles. The van der Waals surface area contributed by atoms with Crippen molar-refractivity contribution < 1.29 is 14.2 Å². The molecule has 0 amide bonds. The number of nitrogen functional groups attached to an aromatic ring is 1. The van der Waals surface area contributed by atoms with Gasteiger partial charge in [0, 0.05) is 47.9 Å². The Bertz CT molecular complexity index is 1260. The number of methoxy groups -OCH3 is 2. The van der Waals surface area contributed by atoms with Crippen LogP contribution in [-0.4, -0.2) is 48.4 Å². The third-order valence-electron chi connectivity index (χ3n) is 5.27. The van der Waals surface area contributed by atoms with Crippen LogP contribution in [0.4, 0.5) is 5.82 Å². The molecular weight excluding hydrogens is 382 g/mol. The van der Waals surface area contributed by atoms with Crippen molar-refractivity contribution in [2.75, 3.05) is 33.0 Å². The molecule has 1 fully saturated rings. The van der Waals surface area contributed by atoms with Crippen molar-refractivity contribution in [3.8, 4) is 28.5 Å². The van der Waals surface area contributed by atoms with Crippen LogP contribution >= 0.6 is 0 Å². The molecule has 5 rings (SSSR count). The molecule has 3 aromatic heterocycles. The number of pyridine rings is 3. The normalized spacial score (nSPS) is 13.9. The van der Waals surface area contributed by atoms with E-state index in [-0.39, 0.29) is 6.10 Å². The average molecular weight is 403 g/mol. The number of nitrogens with one attached hydrogen (secondary N) is 1. The quantitative estimate of drug-likeness (QED) is 0.490. The summed E-state index contributed by atoms with van der Waals surface area (Å²) in [7, 11) is 3.21. The third-order valence-corrected chi connectivity index (χ3v) is 5.27. The molecule has 8 nitrogen and oxygen atoms in total. The molecule has 3 N–H and O–H groups in total. The maximum absolute atomic E-state index is 6.29. The molecule has 4 aromatic rings. The van der Waals surface area contributed by atoms with Crippen molar-refractivity contribution >= 4 is 27.5 Å². The molecule has 1 saturated heterocycles. The SMILES string of the molecule is COc1cc2ncc3c(N)nc(-c4cncc(OC5CNC5)c4)cc3c2cc1OC. The highest BCUT2D eigenvalue weighted by Gasteiger charge is 2.19. The maximum atomic E-state index is 6.29. The molecule has 30 heavy (non-hydrogen) atoms. The Hall–Kier alpha value is -3.65. The summed E-state index contributed by atoms with van der Waals surface area (Å²) in [5.41, 5.74) is 8.62. The van der Waals surface area contributed by atoms with E-state index in [9.17, 15) is 0 Å². The molecule has 4 heterocycles. The Labute approximate surface area is 173 Å². The standard InChI is InChI=1S/C22H21N5O3/c1-28-20-5-16-15-4-18(12-3-13(8-24-7-12)30-14-9-25-10-14)27-22(23)17(15)11-26-19(16)6-21(20)29-2/h3-8,11,14,25H,9-10H2,1-2H3,(H2,23,27). The molecule has 8 heteroatoms. The molecule has 0 saturated carbocycles. The van der Waals surface area contributed by atoms with Gasteiger partial charge in [-0.3, -0.25) is 9.97 Å². The van der Waals surface area contributed by atoms with Gasteiger partial charge >= 0.3 is 0 Å². The van der Waals surface area contributed by atoms with Crippen molar-refractivity contribution in [3.05, 3.63) is 42.9 Å². The number of hydrogen-bond donors (Lipinski definition) is 2. The van der Waals surface area contributed by atoms with E-state index in [4.69, 9.17) is 19.9 Å². The topological polar surface area (TPSA) is 104 Å². The molecule has 1 aromatic carbocycles. The molecule has 0 atom stereocenters. The number of hydrogen-bond acceptors (Lipinski definition) is 8. The molecule has 0 bridgehead atoms. The van der Waals surface area contributed by atoms with Crippen molar-refractivity contribution in [2.24, 2.45) is 0 Å². The van der Waals surface area contributed by atoms with Crippen LogP contribution in [0.2, 0.25) is 0 Å². The van der Waals surface area contributed by atoms with Crippen LogP contribution < -0.4 is 25.3 Å². The van der Waals surface area contributed by atoms with Crippen LogP contribution in [0.3, 0.4) is 0 Å². The van der Waals surface area contributed by atoms with Gasteiger partial charge in [0.1, 0.15) is 17.7 Å². The van der Waals surface area contributed by atoms with Gasteiger partial charge in [-0.15, -0.1) is 0 Å². The van der Waals surface area contributed by atoms with E-state index in [1.165, 1.54) is 0 Å². The number of aromatic nitrogens is 3. The maximum Gasteiger partial charge on any atom is 0.162 e. The Morgan fingerprint density at radius 2 is 1.73 bits per heavy atom. The first-order valence-corrected chi connectivity index (χ1v) is 9.60. The fraction of sp³-hybridized carbons (Fsp3) is 0.227. The molecule has 152 valence electrons. The van der Waals surface area contributed by atoms with Crippen LogP contribution in [0, 0.1) is 0 Å². The van der Waals surface area contributed by atoms with Gasteiger partial charge in [-0.1, -0.05) is 0 Å². The van der Waals surface area contributed by atoms with Gasteiger partial charge in [-0.25, -0.2) is 4.98 Å². The summed E-state index contributed by atoms with van der Waals surface area (Å²) in [6.07, 6.45) is 5.38. The van der Waals surface area contributed by atoms with E-state index in [0.717, 1.165) is 40.3 Å². The lowest BCUT2D eigenvalue weighted by Crippen LogP contribution is -2.50. The molecule has 0 radical (unpaired) electrons. The van der Waals surface area contributed by atoms with Crippen molar-refractivity contribution in [1.82, 2.24) is 20.3 Å². The Morgan fingerprint density at radius 3 is 2.47 bits per heavy atom. The number of benzene rings is 1. The van der Waals surface area contributed by atoms with Crippen LogP contribution in [0.25, 0.3) is 32.9 Å². The second-order valence-corrected chi connectivity index (χ2v) is 7.14. The number of nitrogens with zero attached hydrogens (tertiary/aromatic N) is 3. The highest BCUT2D eigenvalue weighted by Crippen LogP contribution is 2.37. The summed E-state index contributed by atoms with van der Waals surface area (Å²) < 4.78 is 16.8. The van der Waals surface area contributed by atoms with Gasteiger partial charge < -0.3 is 25.3 Å². The van der Waals surface area contributed by atoms with E-state index >= 15 is 0 Å². The first-order chi connectivity index (χ1) is 14.7. The number of nitrogens with two attached hydrogens (primary N) is 1. The monoisotopic (exact) mass is 403 g/mol. The summed E-state index contributed by atoms with van der Waals surface area (Å²) in [6, 6.07) is 7.69. The predicted octanol–water partition coefficient (Wildman–Crippen LogP) is 2.80. The summed E-state index contributed by atoms with van der Waals surface area (Å²) in [5.74, 6) is 2.37. The van der Waals surface area contributed by atoms with Crippen molar-refractivity contribution in [3.63, 3.8) is 0 Å². The zero-order valence-corrected chi connectivity index (χ0v) is 16.7. The summed E-state index contributed by atoms with van der Waals surface area (Å²) in [6.45, 7) is 1.69. The lowest BCUT2D eigenvalue weighted by atomic mass is 10.0. The second-order valence-electron chi connectivity index (χ2n) is 7.14. The van der Waals surface area contributed by atoms with Gasteiger partial charge in [0.25, 0.3) is 0 Å². The van der Waals surface area contributed by atoms with E-state index < -0.39 is 0 Å².